The number of methoxy groups -OCH3 is 1. The SMILES string of the molecule is COc1ccc([C@H](CC(=O)N2CCCC2)c2ccc(F)cc2)cc1. The Morgan fingerprint density at radius 2 is 1.58 bits per heavy atom. The number of rotatable bonds is 5. The number of carbonyl (C=O) groups excluding carboxylic acids is 1. The van der Waals surface area contributed by atoms with Gasteiger partial charge in [0.05, 0.1) is 7.11 Å². The average molecular weight is 327 g/mol. The van der Waals surface area contributed by atoms with Gasteiger partial charge in [-0.2, -0.15) is 0 Å². The van der Waals surface area contributed by atoms with Gasteiger partial charge >= 0.3 is 0 Å². The molecule has 1 heterocycles. The zero-order valence-corrected chi connectivity index (χ0v) is 13.9. The van der Waals surface area contributed by atoms with E-state index in [1.54, 1.807) is 19.2 Å². The maximum absolute atomic E-state index is 13.3. The summed E-state index contributed by atoms with van der Waals surface area (Å²) in [5.41, 5.74) is 1.99. The molecule has 3 nitrogen and oxygen atoms in total. The highest BCUT2D eigenvalue weighted by atomic mass is 19.1. The number of hydrogen-bond acceptors (Lipinski definition) is 2. The maximum atomic E-state index is 13.3. The van der Waals surface area contributed by atoms with E-state index in [1.807, 2.05) is 29.2 Å². The number of halogens is 1. The molecule has 0 bridgehead atoms. The first-order valence-electron chi connectivity index (χ1n) is 8.34. The molecule has 0 spiro atoms. The van der Waals surface area contributed by atoms with Crippen LogP contribution in [0.5, 0.6) is 5.75 Å². The van der Waals surface area contributed by atoms with Crippen molar-refractivity contribution in [1.82, 2.24) is 4.90 Å². The number of hydrogen-bond donors (Lipinski definition) is 0. The van der Waals surface area contributed by atoms with Gasteiger partial charge in [0, 0.05) is 25.4 Å². The Hall–Kier alpha value is -2.36. The van der Waals surface area contributed by atoms with E-state index >= 15 is 0 Å². The van der Waals surface area contributed by atoms with Gasteiger partial charge in [0.25, 0.3) is 0 Å². The first-order valence-corrected chi connectivity index (χ1v) is 8.34. The average Bonchev–Trinajstić information content (AvgIpc) is 3.15. The van der Waals surface area contributed by atoms with Crippen molar-refractivity contribution in [2.24, 2.45) is 0 Å². The second-order valence-electron chi connectivity index (χ2n) is 6.17. The lowest BCUT2D eigenvalue weighted by Crippen LogP contribution is -2.29. The molecule has 0 unspecified atom stereocenters. The second kappa shape index (κ2) is 7.47. The molecular formula is C20H22FNO2. The Bertz CT molecular complexity index is 676. The maximum Gasteiger partial charge on any atom is 0.223 e. The summed E-state index contributed by atoms with van der Waals surface area (Å²) in [5, 5.41) is 0. The van der Waals surface area contributed by atoms with Crippen LogP contribution in [0.15, 0.2) is 48.5 Å². The number of amides is 1. The first-order chi connectivity index (χ1) is 11.7. The van der Waals surface area contributed by atoms with E-state index in [4.69, 9.17) is 4.74 Å². The Morgan fingerprint density at radius 3 is 2.12 bits per heavy atom. The molecule has 1 amide bonds. The predicted octanol–water partition coefficient (Wildman–Crippen LogP) is 3.98. The molecular weight excluding hydrogens is 305 g/mol. The molecule has 0 aromatic heterocycles. The number of carbonyl (C=O) groups is 1. The highest BCUT2D eigenvalue weighted by molar-refractivity contribution is 5.78. The molecule has 24 heavy (non-hydrogen) atoms. The minimum Gasteiger partial charge on any atom is -0.497 e. The third kappa shape index (κ3) is 3.75. The Kier molecular flexibility index (Phi) is 5.14. The summed E-state index contributed by atoms with van der Waals surface area (Å²) in [6.45, 7) is 1.69. The van der Waals surface area contributed by atoms with Gasteiger partial charge in [0.2, 0.25) is 5.91 Å². The van der Waals surface area contributed by atoms with Crippen molar-refractivity contribution in [3.8, 4) is 5.75 Å². The van der Waals surface area contributed by atoms with E-state index in [9.17, 15) is 9.18 Å². The molecule has 126 valence electrons. The fraction of sp³-hybridized carbons (Fsp3) is 0.350. The Balaban J connectivity index is 1.87. The summed E-state index contributed by atoms with van der Waals surface area (Å²) < 4.78 is 18.5. The molecule has 0 saturated carbocycles. The number of ether oxygens (including phenoxy) is 1. The fourth-order valence-electron chi connectivity index (χ4n) is 3.23. The third-order valence-corrected chi connectivity index (χ3v) is 4.63. The second-order valence-corrected chi connectivity index (χ2v) is 6.17. The van der Waals surface area contributed by atoms with Crippen molar-refractivity contribution in [2.45, 2.75) is 25.2 Å². The number of nitrogens with zero attached hydrogens (tertiary/aromatic N) is 1. The largest absolute Gasteiger partial charge is 0.497 e. The number of likely N-dealkylation sites (tertiary alicyclic amines) is 1. The van der Waals surface area contributed by atoms with Gasteiger partial charge in [-0.05, 0) is 48.2 Å². The summed E-state index contributed by atoms with van der Waals surface area (Å²) in [4.78, 5) is 14.6. The van der Waals surface area contributed by atoms with E-state index in [0.717, 1.165) is 42.8 Å². The monoisotopic (exact) mass is 327 g/mol. The minimum absolute atomic E-state index is 0.0791. The van der Waals surface area contributed by atoms with Crippen molar-refractivity contribution in [3.05, 3.63) is 65.5 Å². The van der Waals surface area contributed by atoms with Crippen LogP contribution in [0.1, 0.15) is 36.3 Å². The van der Waals surface area contributed by atoms with Gasteiger partial charge < -0.3 is 9.64 Å². The molecule has 1 aliphatic rings. The number of benzene rings is 2. The third-order valence-electron chi connectivity index (χ3n) is 4.63. The van der Waals surface area contributed by atoms with Gasteiger partial charge in [-0.15, -0.1) is 0 Å². The van der Waals surface area contributed by atoms with Crippen LogP contribution in [0.4, 0.5) is 4.39 Å². The van der Waals surface area contributed by atoms with Gasteiger partial charge in [0.15, 0.2) is 0 Å². The van der Waals surface area contributed by atoms with E-state index < -0.39 is 0 Å². The quantitative estimate of drug-likeness (QED) is 0.831. The smallest absolute Gasteiger partial charge is 0.223 e. The standard InChI is InChI=1S/C20H22FNO2/c1-24-18-10-6-16(7-11-18)19(15-4-8-17(21)9-5-15)14-20(23)22-12-2-3-13-22/h4-11,19H,2-3,12-14H2,1H3/t19-/m1/s1. The topological polar surface area (TPSA) is 29.5 Å². The molecule has 2 aromatic carbocycles. The molecule has 1 saturated heterocycles. The molecule has 1 atom stereocenters. The molecule has 4 heteroatoms. The van der Waals surface area contributed by atoms with Crippen molar-refractivity contribution in [1.29, 1.82) is 0 Å². The Labute approximate surface area is 142 Å². The molecule has 3 rings (SSSR count). The van der Waals surface area contributed by atoms with Crippen LogP contribution in [0.3, 0.4) is 0 Å². The lowest BCUT2D eigenvalue weighted by molar-refractivity contribution is -0.130. The summed E-state index contributed by atoms with van der Waals surface area (Å²) >= 11 is 0. The van der Waals surface area contributed by atoms with Crippen LogP contribution in [-0.4, -0.2) is 31.0 Å². The zero-order valence-electron chi connectivity index (χ0n) is 13.9. The molecule has 0 aliphatic carbocycles. The van der Waals surface area contributed by atoms with Crippen LogP contribution in [0.2, 0.25) is 0 Å². The van der Waals surface area contributed by atoms with Crippen molar-refractivity contribution in [2.75, 3.05) is 20.2 Å². The molecule has 1 aliphatic heterocycles. The van der Waals surface area contributed by atoms with Crippen molar-refractivity contribution < 1.29 is 13.9 Å². The van der Waals surface area contributed by atoms with Gasteiger partial charge in [-0.3, -0.25) is 4.79 Å². The van der Waals surface area contributed by atoms with Crippen LogP contribution in [0.25, 0.3) is 0 Å². The highest BCUT2D eigenvalue weighted by Crippen LogP contribution is 2.30. The Morgan fingerprint density at radius 1 is 1.04 bits per heavy atom. The summed E-state index contributed by atoms with van der Waals surface area (Å²) in [6, 6.07) is 14.2. The molecule has 2 aromatic rings. The van der Waals surface area contributed by atoms with Crippen LogP contribution in [-0.2, 0) is 4.79 Å². The minimum atomic E-state index is -0.266. The van der Waals surface area contributed by atoms with Crippen molar-refractivity contribution >= 4 is 5.91 Å². The van der Waals surface area contributed by atoms with Crippen LogP contribution >= 0.6 is 0 Å². The first kappa shape index (κ1) is 16.5. The van der Waals surface area contributed by atoms with Crippen LogP contribution < -0.4 is 4.74 Å². The van der Waals surface area contributed by atoms with Crippen LogP contribution in [0, 0.1) is 5.82 Å². The van der Waals surface area contributed by atoms with Gasteiger partial charge in [-0.25, -0.2) is 4.39 Å². The van der Waals surface area contributed by atoms with E-state index in [1.165, 1.54) is 12.1 Å². The molecule has 0 radical (unpaired) electrons. The summed E-state index contributed by atoms with van der Waals surface area (Å²) in [7, 11) is 1.63. The van der Waals surface area contributed by atoms with Gasteiger partial charge in [0.1, 0.15) is 11.6 Å². The van der Waals surface area contributed by atoms with Gasteiger partial charge in [-0.1, -0.05) is 24.3 Å². The van der Waals surface area contributed by atoms with E-state index in [0.29, 0.717) is 6.42 Å². The lowest BCUT2D eigenvalue weighted by atomic mass is 9.88. The fourth-order valence-corrected chi connectivity index (χ4v) is 3.23. The molecule has 0 N–H and O–H groups in total. The normalized spacial score (nSPS) is 15.3. The molecule has 1 fully saturated rings. The predicted molar refractivity (Wildman–Crippen MR) is 91.7 cm³/mol. The van der Waals surface area contributed by atoms with E-state index in [2.05, 4.69) is 0 Å². The van der Waals surface area contributed by atoms with E-state index in [-0.39, 0.29) is 17.6 Å². The summed E-state index contributed by atoms with van der Waals surface area (Å²) in [5.74, 6) is 0.600. The lowest BCUT2D eigenvalue weighted by Gasteiger charge is -2.22. The zero-order chi connectivity index (χ0) is 16.9. The van der Waals surface area contributed by atoms with Crippen molar-refractivity contribution in [3.63, 3.8) is 0 Å². The summed E-state index contributed by atoms with van der Waals surface area (Å²) in [6.07, 6.45) is 2.56. The highest BCUT2D eigenvalue weighted by Gasteiger charge is 2.24.